The molecule has 0 saturated heterocycles. The third-order valence-electron chi connectivity index (χ3n) is 5.15. The molecule has 1 aliphatic heterocycles. The monoisotopic (exact) mass is 403 g/mol. The summed E-state index contributed by atoms with van der Waals surface area (Å²) in [6, 6.07) is 4.56. The predicted molar refractivity (Wildman–Crippen MR) is 98.6 cm³/mol. The number of halogens is 3. The zero-order valence-electron chi connectivity index (χ0n) is 14.8. The number of fused-ring (bicyclic) bond motifs is 2. The number of hydrogen-bond donors (Lipinski definition) is 1. The van der Waals surface area contributed by atoms with Crippen molar-refractivity contribution in [2.45, 2.75) is 31.5 Å². The number of alkyl halides is 2. The molecule has 1 aliphatic carbocycles. The van der Waals surface area contributed by atoms with Gasteiger partial charge in [-0.15, -0.1) is 0 Å². The van der Waals surface area contributed by atoms with E-state index in [0.29, 0.717) is 35.1 Å². The molecule has 1 aromatic carbocycles. The van der Waals surface area contributed by atoms with Crippen LogP contribution in [0.15, 0.2) is 18.3 Å². The fourth-order valence-electron chi connectivity index (χ4n) is 3.76. The van der Waals surface area contributed by atoms with Gasteiger partial charge in [-0.05, 0) is 36.1 Å². The molecule has 2 heterocycles. The molecule has 0 radical (unpaired) electrons. The van der Waals surface area contributed by atoms with Gasteiger partial charge in [0.25, 0.3) is 5.91 Å². The summed E-state index contributed by atoms with van der Waals surface area (Å²) in [4.78, 5) is 22.0. The Morgan fingerprint density at radius 1 is 1.36 bits per heavy atom. The normalized spacial score (nSPS) is 17.6. The summed E-state index contributed by atoms with van der Waals surface area (Å²) in [6.07, 6.45) is 2.69. The standard InChI is InChI=1S/C19H16ClF2N5O/c20-12-1-10-3-13(4-15(10)11(2-12)7-23)25-19-24-8-16-17(26-19)9-27(18(16)28)14(5-21)6-22/h1-2,8,13-14H,3-6,9H2,(H,24,25,26). The van der Waals surface area contributed by atoms with Gasteiger partial charge < -0.3 is 10.2 Å². The zero-order chi connectivity index (χ0) is 19.8. The van der Waals surface area contributed by atoms with Crippen molar-refractivity contribution in [3.05, 3.63) is 51.3 Å². The molecule has 9 heteroatoms. The van der Waals surface area contributed by atoms with Gasteiger partial charge in [-0.2, -0.15) is 5.26 Å². The van der Waals surface area contributed by atoms with Crippen LogP contribution >= 0.6 is 11.6 Å². The second kappa shape index (κ2) is 7.32. The largest absolute Gasteiger partial charge is 0.351 e. The number of nitrogens with one attached hydrogen (secondary N) is 1. The third-order valence-corrected chi connectivity index (χ3v) is 5.37. The van der Waals surface area contributed by atoms with Crippen LogP contribution in [0.25, 0.3) is 0 Å². The van der Waals surface area contributed by atoms with Crippen LogP contribution < -0.4 is 5.32 Å². The van der Waals surface area contributed by atoms with Crippen molar-refractivity contribution >= 4 is 23.5 Å². The van der Waals surface area contributed by atoms with E-state index in [4.69, 9.17) is 11.6 Å². The molecule has 1 amide bonds. The lowest BCUT2D eigenvalue weighted by atomic mass is 10.0. The van der Waals surface area contributed by atoms with Crippen LogP contribution in [0, 0.1) is 11.3 Å². The first-order valence-corrected chi connectivity index (χ1v) is 9.18. The molecule has 2 aromatic rings. The number of rotatable bonds is 5. The van der Waals surface area contributed by atoms with Gasteiger partial charge >= 0.3 is 0 Å². The minimum absolute atomic E-state index is 0.0174. The molecular formula is C19H16ClF2N5O. The lowest BCUT2D eigenvalue weighted by Gasteiger charge is -2.21. The van der Waals surface area contributed by atoms with Crippen molar-refractivity contribution in [1.29, 1.82) is 5.26 Å². The first kappa shape index (κ1) is 18.6. The highest BCUT2D eigenvalue weighted by atomic mass is 35.5. The number of carbonyl (C=O) groups is 1. The summed E-state index contributed by atoms with van der Waals surface area (Å²) in [5.41, 5.74) is 3.25. The van der Waals surface area contributed by atoms with Gasteiger partial charge in [0.1, 0.15) is 13.3 Å². The summed E-state index contributed by atoms with van der Waals surface area (Å²) in [5.74, 6) is -0.115. The van der Waals surface area contributed by atoms with Crippen LogP contribution in [-0.2, 0) is 19.4 Å². The Kier molecular flexibility index (Phi) is 4.85. The van der Waals surface area contributed by atoms with Crippen LogP contribution in [0.2, 0.25) is 5.02 Å². The Hall–Kier alpha value is -2.79. The molecule has 2 aliphatic rings. The number of amides is 1. The van der Waals surface area contributed by atoms with Crippen molar-refractivity contribution < 1.29 is 13.6 Å². The average molecular weight is 404 g/mol. The van der Waals surface area contributed by atoms with E-state index in [1.165, 1.54) is 6.20 Å². The van der Waals surface area contributed by atoms with Crippen molar-refractivity contribution in [2.24, 2.45) is 0 Å². The van der Waals surface area contributed by atoms with Crippen LogP contribution in [0.4, 0.5) is 14.7 Å². The first-order valence-electron chi connectivity index (χ1n) is 8.80. The molecule has 6 nitrogen and oxygen atoms in total. The van der Waals surface area contributed by atoms with Crippen LogP contribution in [0.1, 0.15) is 32.7 Å². The van der Waals surface area contributed by atoms with E-state index in [9.17, 15) is 18.8 Å². The Balaban J connectivity index is 1.51. The molecule has 1 aromatic heterocycles. The van der Waals surface area contributed by atoms with Gasteiger partial charge in [0, 0.05) is 17.3 Å². The first-order chi connectivity index (χ1) is 13.5. The second-order valence-electron chi connectivity index (χ2n) is 6.90. The summed E-state index contributed by atoms with van der Waals surface area (Å²) in [7, 11) is 0. The molecule has 0 saturated carbocycles. The van der Waals surface area contributed by atoms with Crippen molar-refractivity contribution in [3.8, 4) is 6.07 Å². The lowest BCUT2D eigenvalue weighted by molar-refractivity contribution is 0.0636. The maximum absolute atomic E-state index is 13.0. The zero-order valence-corrected chi connectivity index (χ0v) is 15.5. The van der Waals surface area contributed by atoms with Crippen LogP contribution in [0.5, 0.6) is 0 Å². The number of hydrogen-bond acceptors (Lipinski definition) is 5. The average Bonchev–Trinajstić information content (AvgIpc) is 3.23. The molecule has 4 rings (SSSR count). The molecule has 0 spiro atoms. The minimum Gasteiger partial charge on any atom is -0.351 e. The number of benzene rings is 1. The molecule has 144 valence electrons. The summed E-state index contributed by atoms with van der Waals surface area (Å²) in [5, 5.41) is 13.0. The highest BCUT2D eigenvalue weighted by Gasteiger charge is 2.35. The Bertz CT molecular complexity index is 989. The smallest absolute Gasteiger partial charge is 0.258 e. The molecule has 0 fully saturated rings. The molecule has 1 N–H and O–H groups in total. The van der Waals surface area contributed by atoms with E-state index in [0.717, 1.165) is 16.0 Å². The van der Waals surface area contributed by atoms with Gasteiger partial charge in [0.15, 0.2) is 0 Å². The number of carbonyl (C=O) groups excluding carboxylic acids is 1. The van der Waals surface area contributed by atoms with Crippen LogP contribution in [-0.4, -0.2) is 46.2 Å². The van der Waals surface area contributed by atoms with Gasteiger partial charge in [-0.25, -0.2) is 18.7 Å². The number of aromatic nitrogens is 2. The topological polar surface area (TPSA) is 81.9 Å². The highest BCUT2D eigenvalue weighted by Crippen LogP contribution is 2.30. The Morgan fingerprint density at radius 3 is 2.86 bits per heavy atom. The molecule has 1 unspecified atom stereocenters. The van der Waals surface area contributed by atoms with E-state index in [-0.39, 0.29) is 18.2 Å². The fourth-order valence-corrected chi connectivity index (χ4v) is 4.00. The maximum Gasteiger partial charge on any atom is 0.258 e. The van der Waals surface area contributed by atoms with Gasteiger partial charge in [0.05, 0.1) is 35.5 Å². The quantitative estimate of drug-likeness (QED) is 0.830. The van der Waals surface area contributed by atoms with Gasteiger partial charge in [-0.1, -0.05) is 11.6 Å². The molecular weight excluding hydrogens is 388 g/mol. The fraction of sp³-hybridized carbons (Fsp3) is 0.368. The van der Waals surface area contributed by atoms with E-state index in [2.05, 4.69) is 21.4 Å². The molecule has 28 heavy (non-hydrogen) atoms. The van der Waals surface area contributed by atoms with Crippen LogP contribution in [0.3, 0.4) is 0 Å². The molecule has 1 atom stereocenters. The Morgan fingerprint density at radius 2 is 2.14 bits per heavy atom. The summed E-state index contributed by atoms with van der Waals surface area (Å²) < 4.78 is 25.9. The van der Waals surface area contributed by atoms with E-state index >= 15 is 0 Å². The van der Waals surface area contributed by atoms with Gasteiger partial charge in [0.2, 0.25) is 5.95 Å². The van der Waals surface area contributed by atoms with E-state index in [1.54, 1.807) is 6.07 Å². The number of nitriles is 1. The predicted octanol–water partition coefficient (Wildman–Crippen LogP) is 2.84. The lowest BCUT2D eigenvalue weighted by Crippen LogP contribution is -2.38. The van der Waals surface area contributed by atoms with E-state index in [1.807, 2.05) is 6.07 Å². The third kappa shape index (κ3) is 3.16. The highest BCUT2D eigenvalue weighted by molar-refractivity contribution is 6.30. The molecule has 0 bridgehead atoms. The van der Waals surface area contributed by atoms with Crippen molar-refractivity contribution in [1.82, 2.24) is 14.9 Å². The SMILES string of the molecule is N#Cc1cc(Cl)cc2c1CC(Nc1ncc3c(n1)CN(C(CF)CF)C3=O)C2. The maximum atomic E-state index is 13.0. The number of nitrogens with zero attached hydrogens (tertiary/aromatic N) is 4. The van der Waals surface area contributed by atoms with Gasteiger partial charge in [-0.3, -0.25) is 4.79 Å². The Labute approximate surface area is 165 Å². The van der Waals surface area contributed by atoms with Crippen molar-refractivity contribution in [3.63, 3.8) is 0 Å². The summed E-state index contributed by atoms with van der Waals surface area (Å²) >= 11 is 6.07. The van der Waals surface area contributed by atoms with Crippen molar-refractivity contribution in [2.75, 3.05) is 18.7 Å². The summed E-state index contributed by atoms with van der Waals surface area (Å²) in [6.45, 7) is -1.83. The minimum atomic E-state index is -1.10. The number of anilines is 1. The second-order valence-corrected chi connectivity index (χ2v) is 7.34. The van der Waals surface area contributed by atoms with E-state index < -0.39 is 25.3 Å².